The molecule has 2 rings (SSSR count). The molecule has 0 aliphatic carbocycles. The van der Waals surface area contributed by atoms with E-state index in [9.17, 15) is 0 Å². The van der Waals surface area contributed by atoms with Crippen molar-refractivity contribution in [3.8, 4) is 0 Å². The Bertz CT molecular complexity index is 483. The van der Waals surface area contributed by atoms with Crippen LogP contribution in [0.25, 0.3) is 0 Å². The molecule has 0 atom stereocenters. The second-order valence-electron chi connectivity index (χ2n) is 5.06. The maximum Gasteiger partial charge on any atom is 0.109 e. The van der Waals surface area contributed by atoms with Gasteiger partial charge in [0, 0.05) is 12.4 Å². The molecule has 0 aliphatic heterocycles. The van der Waals surface area contributed by atoms with Gasteiger partial charge in [-0.25, -0.2) is 0 Å². The Morgan fingerprint density at radius 3 is 1.72 bits per heavy atom. The fourth-order valence-corrected chi connectivity index (χ4v) is 1.59. The summed E-state index contributed by atoms with van der Waals surface area (Å²) >= 11 is 0. The first-order valence-electron chi connectivity index (χ1n) is 5.99. The fourth-order valence-electron chi connectivity index (χ4n) is 1.59. The molecule has 0 N–H and O–H groups in total. The van der Waals surface area contributed by atoms with Crippen molar-refractivity contribution in [1.82, 2.24) is 9.97 Å². The van der Waals surface area contributed by atoms with E-state index in [1.807, 2.05) is 36.4 Å². The molecule has 0 aliphatic rings. The second-order valence-corrected chi connectivity index (χ2v) is 5.06. The molecule has 0 radical (unpaired) electrons. The van der Waals surface area contributed by atoms with Gasteiger partial charge in [-0.15, -0.1) is 0 Å². The summed E-state index contributed by atoms with van der Waals surface area (Å²) < 4.78 is 0. The third-order valence-electron chi connectivity index (χ3n) is 2.26. The molecule has 0 bridgehead atoms. The van der Waals surface area contributed by atoms with E-state index in [4.69, 9.17) is 4.99 Å². The fraction of sp³-hybridized carbons (Fsp3) is 0.267. The van der Waals surface area contributed by atoms with E-state index < -0.39 is 0 Å². The minimum atomic E-state index is -0.162. The van der Waals surface area contributed by atoms with Crippen molar-refractivity contribution >= 4 is 5.71 Å². The number of hydrogen-bond donors (Lipinski definition) is 0. The molecule has 2 aromatic heterocycles. The van der Waals surface area contributed by atoms with E-state index in [-0.39, 0.29) is 5.54 Å². The summed E-state index contributed by atoms with van der Waals surface area (Å²) in [6, 6.07) is 11.6. The largest absolute Gasteiger partial charge is 0.275 e. The molecule has 3 nitrogen and oxygen atoms in total. The molecule has 0 aromatic carbocycles. The van der Waals surface area contributed by atoms with Crippen LogP contribution >= 0.6 is 0 Å². The van der Waals surface area contributed by atoms with Crippen LogP contribution in [0.3, 0.4) is 0 Å². The maximum atomic E-state index is 4.74. The van der Waals surface area contributed by atoms with Gasteiger partial charge in [-0.2, -0.15) is 0 Å². The minimum absolute atomic E-state index is 0.162. The molecular formula is C15H17N3. The summed E-state index contributed by atoms with van der Waals surface area (Å²) in [5.74, 6) is 0. The maximum absolute atomic E-state index is 4.74. The van der Waals surface area contributed by atoms with Crippen LogP contribution in [0.1, 0.15) is 32.2 Å². The molecule has 2 aromatic rings. The molecule has 3 heteroatoms. The number of aliphatic imine (C=N–C) groups is 1. The van der Waals surface area contributed by atoms with Crippen molar-refractivity contribution in [2.75, 3.05) is 0 Å². The van der Waals surface area contributed by atoms with Gasteiger partial charge in [0.1, 0.15) is 5.71 Å². The van der Waals surface area contributed by atoms with Crippen LogP contribution in [0, 0.1) is 0 Å². The zero-order valence-electron chi connectivity index (χ0n) is 11.0. The summed E-state index contributed by atoms with van der Waals surface area (Å²) in [6.45, 7) is 6.20. The van der Waals surface area contributed by atoms with Crippen LogP contribution in [0.2, 0.25) is 0 Å². The Balaban J connectivity index is 2.53. The first-order chi connectivity index (χ1) is 8.56. The van der Waals surface area contributed by atoms with Crippen molar-refractivity contribution in [3.63, 3.8) is 0 Å². The molecule has 0 unspecified atom stereocenters. The van der Waals surface area contributed by atoms with E-state index in [1.54, 1.807) is 12.4 Å². The quantitative estimate of drug-likeness (QED) is 0.755. The van der Waals surface area contributed by atoms with Crippen LogP contribution in [-0.4, -0.2) is 21.2 Å². The highest BCUT2D eigenvalue weighted by atomic mass is 14.9. The van der Waals surface area contributed by atoms with Crippen molar-refractivity contribution in [1.29, 1.82) is 0 Å². The number of pyridine rings is 2. The van der Waals surface area contributed by atoms with Gasteiger partial charge in [0.05, 0.1) is 16.9 Å². The Morgan fingerprint density at radius 1 is 0.889 bits per heavy atom. The normalized spacial score (nSPS) is 11.1. The lowest BCUT2D eigenvalue weighted by Gasteiger charge is -2.15. The number of hydrogen-bond acceptors (Lipinski definition) is 3. The van der Waals surface area contributed by atoms with E-state index in [1.165, 1.54) is 0 Å². The summed E-state index contributed by atoms with van der Waals surface area (Å²) in [5, 5.41) is 0. The molecule has 92 valence electrons. The molecule has 0 saturated heterocycles. The lowest BCUT2D eigenvalue weighted by atomic mass is 10.1. The zero-order valence-corrected chi connectivity index (χ0v) is 11.0. The summed E-state index contributed by atoms with van der Waals surface area (Å²) in [6.07, 6.45) is 3.55. The highest BCUT2D eigenvalue weighted by Crippen LogP contribution is 2.13. The van der Waals surface area contributed by atoms with Crippen molar-refractivity contribution in [2.45, 2.75) is 26.3 Å². The van der Waals surface area contributed by atoms with Crippen molar-refractivity contribution < 1.29 is 0 Å². The predicted octanol–water partition coefficient (Wildman–Crippen LogP) is 3.11. The van der Waals surface area contributed by atoms with Crippen LogP contribution < -0.4 is 0 Å². The predicted molar refractivity (Wildman–Crippen MR) is 73.9 cm³/mol. The second kappa shape index (κ2) is 5.08. The monoisotopic (exact) mass is 239 g/mol. The topological polar surface area (TPSA) is 38.1 Å². The number of aromatic nitrogens is 2. The number of rotatable bonds is 2. The highest BCUT2D eigenvalue weighted by molar-refractivity contribution is 6.10. The van der Waals surface area contributed by atoms with Crippen LogP contribution in [0.5, 0.6) is 0 Å². The highest BCUT2D eigenvalue weighted by Gasteiger charge is 2.14. The lowest BCUT2D eigenvalue weighted by Crippen LogP contribution is -2.17. The van der Waals surface area contributed by atoms with Crippen LogP contribution in [0.15, 0.2) is 53.8 Å². The summed E-state index contributed by atoms with van der Waals surface area (Å²) in [4.78, 5) is 13.5. The smallest absolute Gasteiger partial charge is 0.109 e. The van der Waals surface area contributed by atoms with Gasteiger partial charge in [-0.3, -0.25) is 15.0 Å². The Kier molecular flexibility index (Phi) is 3.51. The van der Waals surface area contributed by atoms with E-state index in [2.05, 4.69) is 30.7 Å². The third kappa shape index (κ3) is 3.23. The van der Waals surface area contributed by atoms with Gasteiger partial charge in [0.2, 0.25) is 0 Å². The standard InChI is InChI=1S/C15H17N3/c1-15(2,3)18-14(12-8-4-6-10-16-12)13-9-5-7-11-17-13/h4-11H,1-3H3. The first kappa shape index (κ1) is 12.4. The Hall–Kier alpha value is -2.03. The summed E-state index contributed by atoms with van der Waals surface area (Å²) in [7, 11) is 0. The molecular weight excluding hydrogens is 222 g/mol. The molecule has 0 amide bonds. The van der Waals surface area contributed by atoms with Crippen molar-refractivity contribution in [3.05, 3.63) is 60.2 Å². The SMILES string of the molecule is CC(C)(C)N=C(c1ccccn1)c1ccccn1. The van der Waals surface area contributed by atoms with Gasteiger partial charge in [-0.1, -0.05) is 12.1 Å². The van der Waals surface area contributed by atoms with Crippen LogP contribution in [-0.2, 0) is 0 Å². The molecule has 0 fully saturated rings. The van der Waals surface area contributed by atoms with Crippen molar-refractivity contribution in [2.24, 2.45) is 4.99 Å². The van der Waals surface area contributed by atoms with Gasteiger partial charge < -0.3 is 0 Å². The molecule has 0 saturated carbocycles. The lowest BCUT2D eigenvalue weighted by molar-refractivity contribution is 0.584. The van der Waals surface area contributed by atoms with Gasteiger partial charge >= 0.3 is 0 Å². The summed E-state index contributed by atoms with van der Waals surface area (Å²) in [5.41, 5.74) is 2.38. The van der Waals surface area contributed by atoms with E-state index in [0.717, 1.165) is 17.1 Å². The van der Waals surface area contributed by atoms with Gasteiger partial charge in [0.25, 0.3) is 0 Å². The Morgan fingerprint density at radius 2 is 1.39 bits per heavy atom. The zero-order chi connectivity index (χ0) is 13.0. The van der Waals surface area contributed by atoms with E-state index in [0.29, 0.717) is 0 Å². The van der Waals surface area contributed by atoms with E-state index >= 15 is 0 Å². The van der Waals surface area contributed by atoms with Gasteiger partial charge in [0.15, 0.2) is 0 Å². The van der Waals surface area contributed by atoms with Crippen LogP contribution in [0.4, 0.5) is 0 Å². The number of nitrogens with zero attached hydrogens (tertiary/aromatic N) is 3. The first-order valence-corrected chi connectivity index (χ1v) is 5.99. The molecule has 2 heterocycles. The minimum Gasteiger partial charge on any atom is -0.275 e. The third-order valence-corrected chi connectivity index (χ3v) is 2.26. The van der Waals surface area contributed by atoms with Gasteiger partial charge in [-0.05, 0) is 45.0 Å². The Labute approximate surface area is 108 Å². The average Bonchev–Trinajstić information content (AvgIpc) is 2.37. The average molecular weight is 239 g/mol. The molecule has 18 heavy (non-hydrogen) atoms. The molecule has 0 spiro atoms.